The molecule has 0 aromatic heterocycles. The minimum Gasteiger partial charge on any atom is -0.310 e. The van der Waals surface area contributed by atoms with Crippen molar-refractivity contribution in [3.05, 3.63) is 247 Å². The first-order valence-electron chi connectivity index (χ1n) is 24.6. The number of anilines is 9. The summed E-state index contributed by atoms with van der Waals surface area (Å²) in [6, 6.07) is 82.9. The topological polar surface area (TPSA) is 9.72 Å². The SMILES string of the molecule is Cc1cccc2c1-c1ccc(-c3ccc(N(c4ccc(C5CC6CCC5C6)cc4)c4cc(N(c5ccccc5)c5ccccc5)cc(N(c5ccccc5)c5ccccc5)c4)cc3)cc1C2(C)C. The minimum atomic E-state index is -0.0723. The first-order valence-corrected chi connectivity index (χ1v) is 24.6. The first kappa shape index (κ1) is 41.8. The molecule has 0 radical (unpaired) electrons. The van der Waals surface area contributed by atoms with E-state index in [2.05, 4.69) is 260 Å². The lowest BCUT2D eigenvalue weighted by Crippen LogP contribution is -2.16. The summed E-state index contributed by atoms with van der Waals surface area (Å²) in [7, 11) is 0. The largest absolute Gasteiger partial charge is 0.310 e. The Balaban J connectivity index is 1.03. The van der Waals surface area contributed by atoms with Crippen LogP contribution in [0.3, 0.4) is 0 Å². The van der Waals surface area contributed by atoms with Crippen LogP contribution < -0.4 is 14.7 Å². The summed E-state index contributed by atoms with van der Waals surface area (Å²) in [6.07, 6.45) is 5.51. The Bertz CT molecular complexity index is 3040. The molecule has 2 saturated carbocycles. The van der Waals surface area contributed by atoms with E-state index >= 15 is 0 Å². The molecule has 3 aliphatic carbocycles. The van der Waals surface area contributed by atoms with E-state index in [-0.39, 0.29) is 5.41 Å². The molecule has 0 heterocycles. The van der Waals surface area contributed by atoms with Crippen molar-refractivity contribution >= 4 is 51.2 Å². The van der Waals surface area contributed by atoms with Crippen molar-refractivity contribution in [3.63, 3.8) is 0 Å². The van der Waals surface area contributed by atoms with Crippen molar-refractivity contribution in [3.8, 4) is 22.3 Å². The van der Waals surface area contributed by atoms with Crippen molar-refractivity contribution in [2.45, 2.75) is 57.8 Å². The van der Waals surface area contributed by atoms with Gasteiger partial charge in [0.15, 0.2) is 0 Å². The predicted molar refractivity (Wildman–Crippen MR) is 286 cm³/mol. The number of hydrogen-bond donors (Lipinski definition) is 0. The van der Waals surface area contributed by atoms with Gasteiger partial charge in [-0.05, 0) is 186 Å². The number of hydrogen-bond acceptors (Lipinski definition) is 3. The Kier molecular flexibility index (Phi) is 10.6. The summed E-state index contributed by atoms with van der Waals surface area (Å²) in [5, 5.41) is 0. The fourth-order valence-electron chi connectivity index (χ4n) is 12.1. The van der Waals surface area contributed by atoms with Gasteiger partial charge in [0.2, 0.25) is 0 Å². The summed E-state index contributed by atoms with van der Waals surface area (Å²) in [5.41, 5.74) is 20.6. The fourth-order valence-corrected chi connectivity index (χ4v) is 12.1. The molecular weight excluding hydrogens is 823 g/mol. The lowest BCUT2D eigenvalue weighted by molar-refractivity contribution is 0.420. The predicted octanol–water partition coefficient (Wildman–Crippen LogP) is 18.3. The van der Waals surface area contributed by atoms with Crippen LogP contribution in [-0.2, 0) is 5.41 Å². The van der Waals surface area contributed by atoms with Crippen LogP contribution in [0.4, 0.5) is 51.2 Å². The molecule has 12 rings (SSSR count). The highest BCUT2D eigenvalue weighted by Gasteiger charge is 2.40. The molecule has 68 heavy (non-hydrogen) atoms. The number of rotatable bonds is 11. The third-order valence-corrected chi connectivity index (χ3v) is 15.4. The van der Waals surface area contributed by atoms with Crippen LogP contribution in [0.1, 0.15) is 67.7 Å². The zero-order valence-electron chi connectivity index (χ0n) is 39.3. The Morgan fingerprint density at radius 3 is 1.29 bits per heavy atom. The second-order valence-corrected chi connectivity index (χ2v) is 19.9. The van der Waals surface area contributed by atoms with E-state index < -0.39 is 0 Å². The van der Waals surface area contributed by atoms with E-state index in [1.54, 1.807) is 0 Å². The third kappa shape index (κ3) is 7.47. The van der Waals surface area contributed by atoms with Gasteiger partial charge in [0.1, 0.15) is 0 Å². The number of aryl methyl sites for hydroxylation is 1. The van der Waals surface area contributed by atoms with Gasteiger partial charge in [-0.15, -0.1) is 0 Å². The summed E-state index contributed by atoms with van der Waals surface area (Å²) in [4.78, 5) is 7.24. The van der Waals surface area contributed by atoms with Crippen LogP contribution in [0.5, 0.6) is 0 Å². The van der Waals surface area contributed by atoms with Gasteiger partial charge < -0.3 is 14.7 Å². The maximum atomic E-state index is 2.47. The summed E-state index contributed by atoms with van der Waals surface area (Å²) in [5.74, 6) is 2.38. The normalized spacial score (nSPS) is 17.4. The first-order chi connectivity index (χ1) is 33.4. The number of para-hydroxylation sites is 4. The van der Waals surface area contributed by atoms with E-state index in [1.165, 1.54) is 70.2 Å². The van der Waals surface area contributed by atoms with Crippen molar-refractivity contribution in [1.29, 1.82) is 0 Å². The smallest absolute Gasteiger partial charge is 0.0503 e. The Morgan fingerprint density at radius 2 is 0.838 bits per heavy atom. The average molecular weight is 880 g/mol. The van der Waals surface area contributed by atoms with E-state index in [0.29, 0.717) is 5.92 Å². The standard InChI is InChI=1S/C65H57N3/c1-45-17-16-26-62-64(45)60-38-33-49(41-63(60)65(62,2)3)47-29-34-55(35-30-47)68(56-36-31-48(32-37-56)61-40-46-27-28-50(61)39-46)59-43-57(66(51-18-8-4-9-19-51)52-20-10-5-11-21-52)42-58(44-59)67(53-22-12-6-13-23-53)54-24-14-7-15-25-54/h4-26,29-38,41-44,46,50,61H,27-28,39-40H2,1-3H3. The molecule has 0 N–H and O–H groups in total. The molecule has 0 amide bonds. The lowest BCUT2D eigenvalue weighted by Gasteiger charge is -2.33. The van der Waals surface area contributed by atoms with Crippen LogP contribution in [0.2, 0.25) is 0 Å². The van der Waals surface area contributed by atoms with Gasteiger partial charge in [-0.2, -0.15) is 0 Å². The van der Waals surface area contributed by atoms with Gasteiger partial charge in [-0.1, -0.05) is 148 Å². The Hall–Kier alpha value is -7.62. The number of nitrogens with zero attached hydrogens (tertiary/aromatic N) is 3. The van der Waals surface area contributed by atoms with Crippen molar-refractivity contribution in [2.75, 3.05) is 14.7 Å². The molecule has 3 unspecified atom stereocenters. The van der Waals surface area contributed by atoms with Crippen molar-refractivity contribution < 1.29 is 0 Å². The van der Waals surface area contributed by atoms with Gasteiger partial charge >= 0.3 is 0 Å². The van der Waals surface area contributed by atoms with E-state index in [1.807, 2.05) is 0 Å². The van der Waals surface area contributed by atoms with Crippen LogP contribution >= 0.6 is 0 Å². The third-order valence-electron chi connectivity index (χ3n) is 15.4. The number of fused-ring (bicyclic) bond motifs is 5. The van der Waals surface area contributed by atoms with E-state index in [9.17, 15) is 0 Å². The molecule has 0 aliphatic heterocycles. The molecule has 0 saturated heterocycles. The minimum absolute atomic E-state index is 0.0723. The molecule has 3 heteroatoms. The zero-order valence-corrected chi connectivity index (χ0v) is 39.3. The van der Waals surface area contributed by atoms with Crippen molar-refractivity contribution in [1.82, 2.24) is 0 Å². The van der Waals surface area contributed by atoms with Gasteiger partial charge in [-0.3, -0.25) is 0 Å². The van der Waals surface area contributed by atoms with E-state index in [0.717, 1.165) is 63.0 Å². The highest BCUT2D eigenvalue weighted by molar-refractivity contribution is 5.90. The van der Waals surface area contributed by atoms with Gasteiger partial charge in [0, 0.05) is 39.5 Å². The van der Waals surface area contributed by atoms with Gasteiger partial charge in [-0.25, -0.2) is 0 Å². The zero-order chi connectivity index (χ0) is 45.8. The highest BCUT2D eigenvalue weighted by Crippen LogP contribution is 2.54. The molecule has 3 aliphatic rings. The van der Waals surface area contributed by atoms with Crippen LogP contribution in [-0.4, -0.2) is 0 Å². The molecule has 9 aromatic carbocycles. The summed E-state index contributed by atoms with van der Waals surface area (Å²) < 4.78 is 0. The fraction of sp³-hybridized carbons (Fsp3) is 0.169. The second kappa shape index (κ2) is 17.2. The Morgan fingerprint density at radius 1 is 0.382 bits per heavy atom. The van der Waals surface area contributed by atoms with Crippen LogP contribution in [0.25, 0.3) is 22.3 Å². The molecule has 9 aromatic rings. The molecule has 2 fully saturated rings. The average Bonchev–Trinajstić information content (AvgIpc) is 4.09. The molecule has 3 atom stereocenters. The molecular formula is C65H57N3. The maximum absolute atomic E-state index is 2.47. The summed E-state index contributed by atoms with van der Waals surface area (Å²) >= 11 is 0. The Labute approximate surface area is 402 Å². The number of benzene rings is 9. The second-order valence-electron chi connectivity index (χ2n) is 19.9. The lowest BCUT2D eigenvalue weighted by atomic mass is 9.81. The van der Waals surface area contributed by atoms with Crippen LogP contribution in [0.15, 0.2) is 224 Å². The molecule has 3 nitrogen and oxygen atoms in total. The molecule has 332 valence electrons. The molecule has 2 bridgehead atoms. The quantitative estimate of drug-likeness (QED) is 0.128. The van der Waals surface area contributed by atoms with Crippen molar-refractivity contribution in [2.24, 2.45) is 11.8 Å². The monoisotopic (exact) mass is 879 g/mol. The summed E-state index contributed by atoms with van der Waals surface area (Å²) in [6.45, 7) is 7.00. The maximum Gasteiger partial charge on any atom is 0.0503 e. The molecule has 0 spiro atoms. The van der Waals surface area contributed by atoms with E-state index in [4.69, 9.17) is 0 Å². The van der Waals surface area contributed by atoms with Gasteiger partial charge in [0.05, 0.1) is 17.1 Å². The van der Waals surface area contributed by atoms with Gasteiger partial charge in [0.25, 0.3) is 0 Å². The highest BCUT2D eigenvalue weighted by atomic mass is 15.2. The van der Waals surface area contributed by atoms with Crippen LogP contribution in [0, 0.1) is 18.8 Å².